The molecule has 0 aliphatic carbocycles. The van der Waals surface area contributed by atoms with Crippen LogP contribution in [0.4, 0.5) is 13.2 Å². The minimum atomic E-state index is -4.18. The molecule has 1 aromatic carbocycles. The van der Waals surface area contributed by atoms with E-state index in [0.29, 0.717) is 11.3 Å². The molecule has 0 aromatic heterocycles. The molecular formula is C11H13BrF3NO. The van der Waals surface area contributed by atoms with Gasteiger partial charge in [-0.2, -0.15) is 13.2 Å². The van der Waals surface area contributed by atoms with E-state index in [9.17, 15) is 13.2 Å². The van der Waals surface area contributed by atoms with Crippen molar-refractivity contribution in [2.45, 2.75) is 25.1 Å². The molecule has 0 aliphatic rings. The molecule has 2 N–H and O–H groups in total. The van der Waals surface area contributed by atoms with Gasteiger partial charge in [0.25, 0.3) is 0 Å². The van der Waals surface area contributed by atoms with Gasteiger partial charge >= 0.3 is 6.18 Å². The molecule has 1 rings (SSSR count). The summed E-state index contributed by atoms with van der Waals surface area (Å²) in [5.74, 6) is 0.503. The van der Waals surface area contributed by atoms with E-state index in [1.807, 2.05) is 0 Å². The Morgan fingerprint density at radius 2 is 2.06 bits per heavy atom. The van der Waals surface area contributed by atoms with Crippen molar-refractivity contribution in [3.63, 3.8) is 0 Å². The Bertz CT molecular complexity index is 381. The molecule has 0 heterocycles. The molecule has 0 saturated heterocycles. The molecule has 1 aromatic rings. The maximum absolute atomic E-state index is 12.1. The zero-order valence-electron chi connectivity index (χ0n) is 9.22. The summed E-state index contributed by atoms with van der Waals surface area (Å²) in [7, 11) is 1.46. The highest BCUT2D eigenvalue weighted by Gasteiger charge is 2.28. The molecule has 0 spiro atoms. The number of ether oxygens (including phenoxy) is 1. The van der Waals surface area contributed by atoms with Crippen molar-refractivity contribution in [3.8, 4) is 5.75 Å². The van der Waals surface area contributed by atoms with Crippen LogP contribution in [0.1, 0.15) is 24.4 Å². The van der Waals surface area contributed by atoms with Crippen molar-refractivity contribution in [1.82, 2.24) is 0 Å². The van der Waals surface area contributed by atoms with Crippen molar-refractivity contribution in [1.29, 1.82) is 0 Å². The third-order valence-corrected chi connectivity index (χ3v) is 2.82. The molecule has 96 valence electrons. The summed E-state index contributed by atoms with van der Waals surface area (Å²) >= 11 is 3.25. The summed E-state index contributed by atoms with van der Waals surface area (Å²) in [6.07, 6.45) is -5.24. The number of rotatable bonds is 4. The Morgan fingerprint density at radius 3 is 2.59 bits per heavy atom. The molecule has 0 bridgehead atoms. The molecule has 6 heteroatoms. The van der Waals surface area contributed by atoms with E-state index >= 15 is 0 Å². The Hall–Kier alpha value is -0.750. The highest BCUT2D eigenvalue weighted by atomic mass is 79.9. The van der Waals surface area contributed by atoms with E-state index in [1.54, 1.807) is 18.2 Å². The Labute approximate surface area is 106 Å². The summed E-state index contributed by atoms with van der Waals surface area (Å²) in [6, 6.07) is 4.41. The van der Waals surface area contributed by atoms with Gasteiger partial charge in [-0.1, -0.05) is 15.9 Å². The van der Waals surface area contributed by atoms with Gasteiger partial charge in [0.2, 0.25) is 0 Å². The maximum atomic E-state index is 12.1. The van der Waals surface area contributed by atoms with E-state index < -0.39 is 18.6 Å². The number of benzene rings is 1. The number of hydrogen-bond acceptors (Lipinski definition) is 2. The van der Waals surface area contributed by atoms with Gasteiger partial charge < -0.3 is 10.5 Å². The second-order valence-corrected chi connectivity index (χ2v) is 4.56. The first-order valence-electron chi connectivity index (χ1n) is 4.99. The molecule has 0 amide bonds. The third kappa shape index (κ3) is 4.55. The van der Waals surface area contributed by atoms with Gasteiger partial charge in [-0.15, -0.1) is 0 Å². The summed E-state index contributed by atoms with van der Waals surface area (Å²) in [4.78, 5) is 0. The van der Waals surface area contributed by atoms with Crippen LogP contribution in [0.2, 0.25) is 0 Å². The standard InChI is InChI=1S/C11H13BrF3NO/c1-17-10-3-2-7(12)6-8(10)9(16)4-5-11(13,14)15/h2-3,6,9H,4-5,16H2,1H3/t9-/m0/s1. The van der Waals surface area contributed by atoms with Crippen molar-refractivity contribution >= 4 is 15.9 Å². The van der Waals surface area contributed by atoms with Gasteiger partial charge in [-0.25, -0.2) is 0 Å². The molecule has 0 radical (unpaired) electrons. The van der Waals surface area contributed by atoms with Crippen LogP contribution in [0.3, 0.4) is 0 Å². The van der Waals surface area contributed by atoms with E-state index in [4.69, 9.17) is 10.5 Å². The summed E-state index contributed by atoms with van der Waals surface area (Å²) < 4.78 is 42.1. The fourth-order valence-corrected chi connectivity index (χ4v) is 1.85. The smallest absolute Gasteiger partial charge is 0.389 e. The normalized spacial score (nSPS) is 13.5. The summed E-state index contributed by atoms with van der Waals surface area (Å²) in [6.45, 7) is 0. The van der Waals surface area contributed by atoms with Crippen LogP contribution in [0.15, 0.2) is 22.7 Å². The van der Waals surface area contributed by atoms with Crippen LogP contribution in [0.25, 0.3) is 0 Å². The quantitative estimate of drug-likeness (QED) is 0.918. The first-order chi connectivity index (χ1) is 7.83. The van der Waals surface area contributed by atoms with Gasteiger partial charge in [-0.3, -0.25) is 0 Å². The zero-order chi connectivity index (χ0) is 13.1. The Balaban J connectivity index is 2.80. The first-order valence-corrected chi connectivity index (χ1v) is 5.78. The average molecular weight is 312 g/mol. The fraction of sp³-hybridized carbons (Fsp3) is 0.455. The van der Waals surface area contributed by atoms with Crippen LogP contribution in [0.5, 0.6) is 5.75 Å². The number of hydrogen-bond donors (Lipinski definition) is 1. The van der Waals surface area contributed by atoms with Crippen molar-refractivity contribution < 1.29 is 17.9 Å². The van der Waals surface area contributed by atoms with Crippen molar-refractivity contribution in [3.05, 3.63) is 28.2 Å². The summed E-state index contributed by atoms with van der Waals surface area (Å²) in [5, 5.41) is 0. The molecule has 0 unspecified atom stereocenters. The molecule has 0 fully saturated rings. The topological polar surface area (TPSA) is 35.2 Å². The van der Waals surface area contributed by atoms with Crippen LogP contribution >= 0.6 is 15.9 Å². The lowest BCUT2D eigenvalue weighted by Crippen LogP contribution is -2.16. The van der Waals surface area contributed by atoms with E-state index in [1.165, 1.54) is 7.11 Å². The highest BCUT2D eigenvalue weighted by molar-refractivity contribution is 9.10. The Kier molecular flexibility index (Phi) is 4.82. The minimum Gasteiger partial charge on any atom is -0.496 e. The number of nitrogens with two attached hydrogens (primary N) is 1. The van der Waals surface area contributed by atoms with Crippen LogP contribution < -0.4 is 10.5 Å². The largest absolute Gasteiger partial charge is 0.496 e. The highest BCUT2D eigenvalue weighted by Crippen LogP contribution is 2.32. The molecule has 2 nitrogen and oxygen atoms in total. The molecular weight excluding hydrogens is 299 g/mol. The van der Waals surface area contributed by atoms with Crippen LogP contribution in [0, 0.1) is 0 Å². The van der Waals surface area contributed by atoms with Gasteiger partial charge in [0.15, 0.2) is 0 Å². The molecule has 0 saturated carbocycles. The van der Waals surface area contributed by atoms with Gasteiger partial charge in [0, 0.05) is 22.5 Å². The second kappa shape index (κ2) is 5.73. The first kappa shape index (κ1) is 14.3. The molecule has 17 heavy (non-hydrogen) atoms. The summed E-state index contributed by atoms with van der Waals surface area (Å²) in [5.41, 5.74) is 6.32. The number of halogens is 4. The lowest BCUT2D eigenvalue weighted by Gasteiger charge is -2.17. The monoisotopic (exact) mass is 311 g/mol. The lowest BCUT2D eigenvalue weighted by molar-refractivity contribution is -0.136. The van der Waals surface area contributed by atoms with Crippen LogP contribution in [-0.2, 0) is 0 Å². The lowest BCUT2D eigenvalue weighted by atomic mass is 10.0. The fourth-order valence-electron chi connectivity index (χ4n) is 1.47. The average Bonchev–Trinajstić information content (AvgIpc) is 2.25. The number of methoxy groups -OCH3 is 1. The van der Waals surface area contributed by atoms with Gasteiger partial charge in [-0.05, 0) is 24.6 Å². The number of alkyl halides is 3. The van der Waals surface area contributed by atoms with Crippen molar-refractivity contribution in [2.75, 3.05) is 7.11 Å². The predicted octanol–water partition coefficient (Wildman–Crippen LogP) is 3.80. The third-order valence-electron chi connectivity index (χ3n) is 2.33. The SMILES string of the molecule is COc1ccc(Br)cc1[C@@H](N)CCC(F)(F)F. The maximum Gasteiger partial charge on any atom is 0.389 e. The second-order valence-electron chi connectivity index (χ2n) is 3.65. The predicted molar refractivity (Wildman–Crippen MR) is 62.9 cm³/mol. The minimum absolute atomic E-state index is 0.156. The Morgan fingerprint density at radius 1 is 1.41 bits per heavy atom. The molecule has 1 atom stereocenters. The van der Waals surface area contributed by atoms with Crippen molar-refractivity contribution in [2.24, 2.45) is 5.73 Å². The van der Waals surface area contributed by atoms with Gasteiger partial charge in [0.1, 0.15) is 5.75 Å². The van der Waals surface area contributed by atoms with E-state index in [-0.39, 0.29) is 6.42 Å². The molecule has 0 aliphatic heterocycles. The zero-order valence-corrected chi connectivity index (χ0v) is 10.8. The van der Waals surface area contributed by atoms with E-state index in [2.05, 4.69) is 15.9 Å². The van der Waals surface area contributed by atoms with Crippen LogP contribution in [-0.4, -0.2) is 13.3 Å². The van der Waals surface area contributed by atoms with E-state index in [0.717, 1.165) is 4.47 Å². The van der Waals surface area contributed by atoms with Gasteiger partial charge in [0.05, 0.1) is 7.11 Å².